The molecular weight excluding hydrogens is 386 g/mol. The SMILES string of the molecule is CC(=O)N(c1nnc(Sc2nc(C)nc3sc4c(c23)CCC4)s1)C1CC1. The number of aryl methyl sites for hydroxylation is 3. The number of hydrogen-bond acceptors (Lipinski definition) is 8. The summed E-state index contributed by atoms with van der Waals surface area (Å²) in [7, 11) is 0. The number of carbonyl (C=O) groups is 1. The molecule has 2 aliphatic carbocycles. The first kappa shape index (κ1) is 16.6. The van der Waals surface area contributed by atoms with Gasteiger partial charge in [0.2, 0.25) is 11.0 Å². The van der Waals surface area contributed by atoms with Crippen molar-refractivity contribution in [2.24, 2.45) is 0 Å². The van der Waals surface area contributed by atoms with Gasteiger partial charge in [0, 0.05) is 23.2 Å². The number of fused-ring (bicyclic) bond motifs is 3. The standard InChI is InChI=1S/C17H17N5OS3/c1-8-18-14-13(11-4-3-5-12(11)24-14)15(19-8)25-17-21-20-16(26-17)22(9(2)23)10-6-7-10/h10H,3-7H2,1-2H3. The maximum absolute atomic E-state index is 11.9. The lowest BCUT2D eigenvalue weighted by Crippen LogP contribution is -2.30. The van der Waals surface area contributed by atoms with E-state index < -0.39 is 0 Å². The average Bonchev–Trinajstić information content (AvgIpc) is 2.98. The van der Waals surface area contributed by atoms with Crippen LogP contribution in [0.1, 0.15) is 42.5 Å². The molecule has 0 N–H and O–H groups in total. The molecule has 3 heterocycles. The molecule has 0 unspecified atom stereocenters. The summed E-state index contributed by atoms with van der Waals surface area (Å²) in [6.07, 6.45) is 5.57. The highest BCUT2D eigenvalue weighted by Gasteiger charge is 2.34. The van der Waals surface area contributed by atoms with Gasteiger partial charge in [0.05, 0.1) is 0 Å². The van der Waals surface area contributed by atoms with Crippen LogP contribution >= 0.6 is 34.4 Å². The zero-order valence-electron chi connectivity index (χ0n) is 14.5. The Morgan fingerprint density at radius 2 is 2.04 bits per heavy atom. The van der Waals surface area contributed by atoms with Crippen molar-refractivity contribution < 1.29 is 4.79 Å². The molecule has 1 fully saturated rings. The average molecular weight is 404 g/mol. The molecule has 0 aliphatic heterocycles. The summed E-state index contributed by atoms with van der Waals surface area (Å²) >= 11 is 4.82. The molecular formula is C17H17N5OS3. The molecule has 2 aliphatic rings. The molecule has 1 saturated carbocycles. The maximum Gasteiger partial charge on any atom is 0.225 e. The van der Waals surface area contributed by atoms with Crippen LogP contribution in [0.5, 0.6) is 0 Å². The lowest BCUT2D eigenvalue weighted by atomic mass is 10.2. The van der Waals surface area contributed by atoms with Gasteiger partial charge in [-0.25, -0.2) is 9.97 Å². The van der Waals surface area contributed by atoms with Crippen molar-refractivity contribution in [2.75, 3.05) is 4.90 Å². The van der Waals surface area contributed by atoms with Gasteiger partial charge in [-0.15, -0.1) is 21.5 Å². The summed E-state index contributed by atoms with van der Waals surface area (Å²) in [5.41, 5.74) is 1.42. The molecule has 9 heteroatoms. The summed E-state index contributed by atoms with van der Waals surface area (Å²) in [6, 6.07) is 0.298. The Kier molecular flexibility index (Phi) is 3.98. The van der Waals surface area contributed by atoms with Gasteiger partial charge in [0.1, 0.15) is 15.7 Å². The van der Waals surface area contributed by atoms with Crippen molar-refractivity contribution in [3.8, 4) is 0 Å². The summed E-state index contributed by atoms with van der Waals surface area (Å²) < 4.78 is 0.823. The third kappa shape index (κ3) is 2.82. The fourth-order valence-electron chi connectivity index (χ4n) is 3.44. The number of hydrogen-bond donors (Lipinski definition) is 0. The van der Waals surface area contributed by atoms with Gasteiger partial charge in [-0.3, -0.25) is 9.69 Å². The molecule has 3 aromatic rings. The van der Waals surface area contributed by atoms with Crippen LogP contribution in [0.25, 0.3) is 10.2 Å². The van der Waals surface area contributed by atoms with Crippen molar-refractivity contribution in [1.82, 2.24) is 20.2 Å². The monoisotopic (exact) mass is 403 g/mol. The molecule has 0 bridgehead atoms. The predicted octanol–water partition coefficient (Wildman–Crippen LogP) is 4.01. The van der Waals surface area contributed by atoms with E-state index in [0.29, 0.717) is 11.2 Å². The number of anilines is 1. The van der Waals surface area contributed by atoms with Gasteiger partial charge < -0.3 is 0 Å². The second kappa shape index (κ2) is 6.24. The van der Waals surface area contributed by atoms with E-state index in [0.717, 1.165) is 45.7 Å². The molecule has 0 atom stereocenters. The van der Waals surface area contributed by atoms with Crippen LogP contribution in [0.2, 0.25) is 0 Å². The number of rotatable bonds is 4. The minimum atomic E-state index is 0.0381. The molecule has 1 amide bonds. The summed E-state index contributed by atoms with van der Waals surface area (Å²) in [5, 5.41) is 11.4. The summed E-state index contributed by atoms with van der Waals surface area (Å²) in [6.45, 7) is 3.53. The van der Waals surface area contributed by atoms with Crippen LogP contribution in [-0.4, -0.2) is 32.1 Å². The first-order valence-electron chi connectivity index (χ1n) is 8.70. The molecule has 134 valence electrons. The van der Waals surface area contributed by atoms with Gasteiger partial charge in [0.25, 0.3) is 0 Å². The first-order chi connectivity index (χ1) is 12.6. The van der Waals surface area contributed by atoms with Crippen LogP contribution in [0.3, 0.4) is 0 Å². The van der Waals surface area contributed by atoms with Crippen molar-refractivity contribution in [3.05, 3.63) is 16.3 Å². The van der Waals surface area contributed by atoms with Crippen LogP contribution in [0.4, 0.5) is 5.13 Å². The number of aromatic nitrogens is 4. The fourth-order valence-corrected chi connectivity index (χ4v) is 6.88. The largest absolute Gasteiger partial charge is 0.284 e. The molecule has 5 rings (SSSR count). The second-order valence-electron chi connectivity index (χ2n) is 6.69. The van der Waals surface area contributed by atoms with Crippen molar-refractivity contribution in [1.29, 1.82) is 0 Å². The highest BCUT2D eigenvalue weighted by Crippen LogP contribution is 2.43. The molecule has 3 aromatic heterocycles. The number of carbonyl (C=O) groups excluding carboxylic acids is 1. The van der Waals surface area contributed by atoms with Gasteiger partial charge in [-0.2, -0.15) is 0 Å². The predicted molar refractivity (Wildman–Crippen MR) is 104 cm³/mol. The minimum Gasteiger partial charge on any atom is -0.284 e. The number of thiophene rings is 1. The zero-order chi connectivity index (χ0) is 17.8. The van der Waals surface area contributed by atoms with Crippen LogP contribution < -0.4 is 4.90 Å². The molecule has 6 nitrogen and oxygen atoms in total. The normalized spacial score (nSPS) is 16.2. The Hall–Kier alpha value is -1.58. The Labute approximate surface area is 163 Å². The third-order valence-electron chi connectivity index (χ3n) is 4.68. The van der Waals surface area contributed by atoms with Crippen LogP contribution in [-0.2, 0) is 17.6 Å². The van der Waals surface area contributed by atoms with Crippen molar-refractivity contribution in [2.45, 2.75) is 61.4 Å². The lowest BCUT2D eigenvalue weighted by Gasteiger charge is -2.15. The smallest absolute Gasteiger partial charge is 0.225 e. The molecule has 0 spiro atoms. The molecule has 0 saturated heterocycles. The van der Waals surface area contributed by atoms with Gasteiger partial charge in [-0.05, 0) is 56.4 Å². The van der Waals surface area contributed by atoms with E-state index in [1.54, 1.807) is 34.9 Å². The van der Waals surface area contributed by atoms with Gasteiger partial charge in [-0.1, -0.05) is 11.3 Å². The lowest BCUT2D eigenvalue weighted by molar-refractivity contribution is -0.116. The van der Waals surface area contributed by atoms with Crippen LogP contribution in [0, 0.1) is 6.92 Å². The number of nitrogens with zero attached hydrogens (tertiary/aromatic N) is 5. The Bertz CT molecular complexity index is 1020. The van der Waals surface area contributed by atoms with E-state index >= 15 is 0 Å². The van der Waals surface area contributed by atoms with E-state index in [1.165, 1.54) is 33.6 Å². The summed E-state index contributed by atoms with van der Waals surface area (Å²) in [4.78, 5) is 25.6. The Balaban J connectivity index is 1.51. The maximum atomic E-state index is 11.9. The van der Waals surface area contributed by atoms with E-state index in [1.807, 2.05) is 6.92 Å². The molecule has 0 radical (unpaired) electrons. The molecule has 26 heavy (non-hydrogen) atoms. The summed E-state index contributed by atoms with van der Waals surface area (Å²) in [5.74, 6) is 0.823. The van der Waals surface area contributed by atoms with E-state index in [4.69, 9.17) is 4.98 Å². The van der Waals surface area contributed by atoms with Crippen LogP contribution in [0.15, 0.2) is 9.37 Å². The number of amides is 1. The highest BCUT2D eigenvalue weighted by atomic mass is 32.2. The second-order valence-corrected chi connectivity index (χ2v) is 9.96. The minimum absolute atomic E-state index is 0.0381. The van der Waals surface area contributed by atoms with Gasteiger partial charge >= 0.3 is 0 Å². The third-order valence-corrected chi connectivity index (χ3v) is 7.83. The van der Waals surface area contributed by atoms with E-state index in [-0.39, 0.29) is 5.91 Å². The fraction of sp³-hybridized carbons (Fsp3) is 0.471. The highest BCUT2D eigenvalue weighted by molar-refractivity contribution is 8.01. The van der Waals surface area contributed by atoms with E-state index in [2.05, 4.69) is 15.2 Å². The van der Waals surface area contributed by atoms with Crippen molar-refractivity contribution in [3.63, 3.8) is 0 Å². The van der Waals surface area contributed by atoms with E-state index in [9.17, 15) is 4.79 Å². The van der Waals surface area contributed by atoms with Crippen molar-refractivity contribution >= 4 is 55.7 Å². The quantitative estimate of drug-likeness (QED) is 0.484. The Morgan fingerprint density at radius 3 is 2.81 bits per heavy atom. The van der Waals surface area contributed by atoms with Gasteiger partial charge in [0.15, 0.2) is 4.34 Å². The first-order valence-corrected chi connectivity index (χ1v) is 11.1. The Morgan fingerprint density at radius 1 is 1.19 bits per heavy atom. The topological polar surface area (TPSA) is 71.9 Å². The zero-order valence-corrected chi connectivity index (χ0v) is 16.9. The molecule has 0 aromatic carbocycles.